The molecule has 64 valence electrons. The zero-order valence-corrected chi connectivity index (χ0v) is 7.20. The molecule has 0 aliphatic carbocycles. The maximum absolute atomic E-state index is 6.88. The van der Waals surface area contributed by atoms with E-state index < -0.39 is 0 Å². The minimum atomic E-state index is -0.183. The van der Waals surface area contributed by atoms with Gasteiger partial charge in [-0.3, -0.25) is 4.99 Å². The molecule has 0 aromatic rings. The van der Waals surface area contributed by atoms with Crippen LogP contribution in [0.2, 0.25) is 0 Å². The van der Waals surface area contributed by atoms with Crippen molar-refractivity contribution in [2.75, 3.05) is 0 Å². The van der Waals surface area contributed by atoms with Crippen LogP contribution in [0.5, 0.6) is 0 Å². The Morgan fingerprint density at radius 3 is 2.83 bits per heavy atom. The molecule has 0 atom stereocenters. The third kappa shape index (κ3) is 1.78. The van der Waals surface area contributed by atoms with Crippen LogP contribution in [-0.4, -0.2) is 6.21 Å². The largest absolute Gasteiger partial charge is 0.396 e. The smallest absolute Gasteiger partial charge is 0.106 e. The third-order valence-electron chi connectivity index (χ3n) is 1.55. The van der Waals surface area contributed by atoms with Crippen molar-refractivity contribution >= 4 is 6.21 Å². The Morgan fingerprint density at radius 2 is 2.25 bits per heavy atom. The summed E-state index contributed by atoms with van der Waals surface area (Å²) in [6.07, 6.45) is 5.11. The molecule has 0 unspecified atom stereocenters. The van der Waals surface area contributed by atoms with Gasteiger partial charge in [0.05, 0.1) is 11.9 Å². The lowest BCUT2D eigenvalue weighted by atomic mass is 9.94. The Kier molecular flexibility index (Phi) is 2.08. The van der Waals surface area contributed by atoms with Crippen molar-refractivity contribution in [3.05, 3.63) is 23.7 Å². The van der Waals surface area contributed by atoms with Crippen LogP contribution in [0.1, 0.15) is 13.8 Å². The van der Waals surface area contributed by atoms with E-state index in [-0.39, 0.29) is 5.41 Å². The van der Waals surface area contributed by atoms with Gasteiger partial charge in [-0.15, -0.1) is 0 Å². The van der Waals surface area contributed by atoms with Gasteiger partial charge in [0.15, 0.2) is 0 Å². The van der Waals surface area contributed by atoms with Crippen LogP contribution < -0.4 is 5.73 Å². The Morgan fingerprint density at radius 1 is 1.58 bits per heavy atom. The molecule has 0 saturated carbocycles. The fourth-order valence-corrected chi connectivity index (χ4v) is 0.946. The Bertz CT molecular complexity index is 283. The first-order chi connectivity index (χ1) is 5.55. The number of nitrogens with one attached hydrogen (secondary N) is 1. The number of hydrogen-bond acceptors (Lipinski definition) is 4. The summed E-state index contributed by atoms with van der Waals surface area (Å²) in [6.45, 7) is 3.96. The Labute approximate surface area is 71.4 Å². The first kappa shape index (κ1) is 8.64. The second kappa shape index (κ2) is 2.89. The lowest BCUT2D eigenvalue weighted by molar-refractivity contribution is 0.687. The first-order valence-corrected chi connectivity index (χ1v) is 3.66. The summed E-state index contributed by atoms with van der Waals surface area (Å²) in [4.78, 5) is 4.00. The zero-order valence-electron chi connectivity index (χ0n) is 7.20. The van der Waals surface area contributed by atoms with Gasteiger partial charge >= 0.3 is 0 Å². The summed E-state index contributed by atoms with van der Waals surface area (Å²) in [7, 11) is 0. The van der Waals surface area contributed by atoms with Crippen LogP contribution in [0, 0.1) is 10.9 Å². The van der Waals surface area contributed by atoms with E-state index in [1.54, 1.807) is 6.21 Å². The number of nitrogens with zero attached hydrogens (tertiary/aromatic N) is 2. The molecule has 1 aliphatic heterocycles. The van der Waals surface area contributed by atoms with Crippen molar-refractivity contribution in [2.24, 2.45) is 21.3 Å². The highest BCUT2D eigenvalue weighted by atomic mass is 15.0. The molecule has 0 bridgehead atoms. The van der Waals surface area contributed by atoms with Crippen molar-refractivity contribution < 1.29 is 0 Å². The maximum Gasteiger partial charge on any atom is 0.106 e. The van der Waals surface area contributed by atoms with Crippen molar-refractivity contribution in [2.45, 2.75) is 13.8 Å². The molecule has 1 heterocycles. The van der Waals surface area contributed by atoms with Gasteiger partial charge in [-0.25, -0.2) is 5.53 Å². The lowest BCUT2D eigenvalue weighted by Crippen LogP contribution is -2.09. The fraction of sp³-hybridized carbons (Fsp3) is 0.375. The third-order valence-corrected chi connectivity index (χ3v) is 1.55. The summed E-state index contributed by atoms with van der Waals surface area (Å²) in [6, 6.07) is 0. The number of aliphatic imine (C=N–C) groups is 1. The maximum atomic E-state index is 6.88. The van der Waals surface area contributed by atoms with Gasteiger partial charge in [0.2, 0.25) is 0 Å². The average molecular weight is 164 g/mol. The van der Waals surface area contributed by atoms with Crippen molar-refractivity contribution in [3.63, 3.8) is 0 Å². The van der Waals surface area contributed by atoms with E-state index in [2.05, 4.69) is 10.1 Å². The van der Waals surface area contributed by atoms with E-state index in [1.807, 2.05) is 19.9 Å². The van der Waals surface area contributed by atoms with E-state index >= 15 is 0 Å². The van der Waals surface area contributed by atoms with E-state index in [4.69, 9.17) is 11.3 Å². The number of rotatable bonds is 1. The molecular formula is C8H12N4. The molecule has 0 amide bonds. The minimum Gasteiger partial charge on any atom is -0.396 e. The van der Waals surface area contributed by atoms with Gasteiger partial charge < -0.3 is 5.73 Å². The SMILES string of the molecule is CC1(C)C=NC=C(N)C(N=N)=C1. The van der Waals surface area contributed by atoms with Gasteiger partial charge in [0.25, 0.3) is 0 Å². The predicted molar refractivity (Wildman–Crippen MR) is 47.8 cm³/mol. The van der Waals surface area contributed by atoms with Crippen LogP contribution in [0.15, 0.2) is 33.8 Å². The van der Waals surface area contributed by atoms with Crippen molar-refractivity contribution in [3.8, 4) is 0 Å². The summed E-state index contributed by atoms with van der Waals surface area (Å²) in [5.74, 6) is 0. The topological polar surface area (TPSA) is 74.6 Å². The molecule has 0 spiro atoms. The highest BCUT2D eigenvalue weighted by Crippen LogP contribution is 2.22. The zero-order chi connectivity index (χ0) is 9.19. The Balaban J connectivity index is 3.11. The monoisotopic (exact) mass is 164 g/mol. The molecule has 0 fully saturated rings. The second-order valence-electron chi connectivity index (χ2n) is 3.33. The summed E-state index contributed by atoms with van der Waals surface area (Å²) in [5.41, 5.74) is 13.2. The highest BCUT2D eigenvalue weighted by molar-refractivity contribution is 5.69. The first-order valence-electron chi connectivity index (χ1n) is 3.66. The molecule has 1 aliphatic rings. The normalized spacial score (nSPS) is 20.8. The molecule has 1 rings (SSSR count). The number of hydrogen-bond donors (Lipinski definition) is 2. The average Bonchev–Trinajstić information content (AvgIpc) is 2.10. The summed E-state index contributed by atoms with van der Waals surface area (Å²) in [5, 5.41) is 3.32. The van der Waals surface area contributed by atoms with Crippen molar-refractivity contribution in [1.29, 1.82) is 5.53 Å². The molecule has 3 N–H and O–H groups in total. The second-order valence-corrected chi connectivity index (χ2v) is 3.33. The van der Waals surface area contributed by atoms with Gasteiger partial charge in [-0.1, -0.05) is 13.8 Å². The standard InChI is InChI=1S/C8H12N4/c1-8(2)3-7(12-10)6(9)4-11-5-8/h3-5,10H,9H2,1-2H3. The molecule has 0 aromatic heterocycles. The van der Waals surface area contributed by atoms with Crippen LogP contribution in [0.25, 0.3) is 0 Å². The molecular weight excluding hydrogens is 152 g/mol. The highest BCUT2D eigenvalue weighted by Gasteiger charge is 2.15. The molecule has 4 heteroatoms. The summed E-state index contributed by atoms with van der Waals surface area (Å²) < 4.78 is 0. The van der Waals surface area contributed by atoms with Crippen LogP contribution in [-0.2, 0) is 0 Å². The molecule has 0 aromatic carbocycles. The Hall–Kier alpha value is -1.45. The van der Waals surface area contributed by atoms with Gasteiger partial charge in [0, 0.05) is 11.6 Å². The number of allylic oxidation sites excluding steroid dienone is 1. The van der Waals surface area contributed by atoms with Gasteiger partial charge in [-0.05, 0) is 6.08 Å². The van der Waals surface area contributed by atoms with Crippen LogP contribution >= 0.6 is 0 Å². The van der Waals surface area contributed by atoms with Crippen LogP contribution in [0.3, 0.4) is 0 Å². The molecule has 0 saturated heterocycles. The lowest BCUT2D eigenvalue weighted by Gasteiger charge is -2.12. The van der Waals surface area contributed by atoms with E-state index in [0.717, 1.165) is 0 Å². The van der Waals surface area contributed by atoms with Crippen molar-refractivity contribution in [1.82, 2.24) is 0 Å². The van der Waals surface area contributed by atoms with Crippen LogP contribution in [0.4, 0.5) is 0 Å². The van der Waals surface area contributed by atoms with E-state index in [0.29, 0.717) is 11.4 Å². The number of nitrogens with two attached hydrogens (primary N) is 1. The predicted octanol–water partition coefficient (Wildman–Crippen LogP) is 1.81. The molecule has 4 nitrogen and oxygen atoms in total. The van der Waals surface area contributed by atoms with E-state index in [9.17, 15) is 0 Å². The summed E-state index contributed by atoms with van der Waals surface area (Å²) >= 11 is 0. The molecule has 12 heavy (non-hydrogen) atoms. The van der Waals surface area contributed by atoms with E-state index in [1.165, 1.54) is 6.20 Å². The fourth-order valence-electron chi connectivity index (χ4n) is 0.946. The quantitative estimate of drug-likeness (QED) is 0.570. The van der Waals surface area contributed by atoms with Gasteiger partial charge in [-0.2, -0.15) is 5.11 Å². The molecule has 0 radical (unpaired) electrons. The van der Waals surface area contributed by atoms with Gasteiger partial charge in [0.1, 0.15) is 5.70 Å². The minimum absolute atomic E-state index is 0.183.